The minimum Gasteiger partial charge on any atom is -0.480 e. The Morgan fingerprint density at radius 1 is 0.452 bits per heavy atom. The van der Waals surface area contributed by atoms with Gasteiger partial charge in [-0.1, -0.05) is 189 Å². The van der Waals surface area contributed by atoms with Crippen LogP contribution in [0.2, 0.25) is 0 Å². The molecule has 115 heavy (non-hydrogen) atoms. The van der Waals surface area contributed by atoms with Gasteiger partial charge in [-0.15, -0.1) is 0 Å². The average molecular weight is 1570 g/mol. The molecule has 8 aromatic rings. The largest absolute Gasteiger partial charge is 0.480 e. The number of ether oxygens (including phenoxy) is 5. The van der Waals surface area contributed by atoms with Gasteiger partial charge in [0.1, 0.15) is 62.7 Å². The predicted octanol–water partition coefficient (Wildman–Crippen LogP) is 11.2. The summed E-state index contributed by atoms with van der Waals surface area (Å²) in [5.41, 5.74) is 26.9. The highest BCUT2D eigenvalue weighted by Gasteiger charge is 2.34. The molecule has 4 atom stereocenters. The molecule has 26 nitrogen and oxygen atoms in total. The number of alkyl carbamates (subject to hydrolysis) is 3. The highest BCUT2D eigenvalue weighted by molar-refractivity contribution is 5.99. The standard InChI is InChI=1S/C24H27NO5.C21H24N2O4.C21H21NO5.C18H18N2O4.C4H8O.CH5N/c1-3-29-15-23(27)22(13-12-16(2)26)25-24(28)30-14-21-19-10-6-4-8-17(19)18-9-5-7-11-20(18)21;1-3-15-4-6-16(7-5-15)17-8-10-18(11-9-17)21(27)23-19(20(26)13-24)12-22-14(2)25;1-13(23)10-11-19(20(24)25)22-21(26)27-12-18-16-8-4-2-6-14(16)15-7-3-5-9-17(15)18;19-9-16(17(21)22)20-18(23)24-10-15-13-7-3-1-5-11(13)12-6-2-4-8-14(12)15;1-2-4-5-3-1;1-2/h4-11,21-22H,3,12-15H2,1-2H3,(H,25,28);4-11,19,24H,3,12-13H2,1-2H3,(H,22,25)(H,23,27);2-9,18-19H,10-12H2,1H3,(H,22,26)(H,24,25);1-8,15-16H,9-10,19H2,(H,20,23)(H,21,22);1-4H2;2H2,1H3/t22-;2*19-;16-;;/m0000../s1. The molecule has 1 fully saturated rings. The number of carbonyl (C=O) groups excluding carboxylic acids is 9. The van der Waals surface area contributed by atoms with E-state index in [2.05, 4.69) is 63.5 Å². The van der Waals surface area contributed by atoms with Gasteiger partial charge in [-0.25, -0.2) is 24.0 Å². The molecule has 1 aliphatic heterocycles. The monoisotopic (exact) mass is 1570 g/mol. The normalized spacial score (nSPS) is 13.3. The van der Waals surface area contributed by atoms with E-state index in [-0.39, 0.29) is 106 Å². The first-order chi connectivity index (χ1) is 55.5. The fourth-order valence-electron chi connectivity index (χ4n) is 13.2. The van der Waals surface area contributed by atoms with Crippen LogP contribution in [0.15, 0.2) is 194 Å². The van der Waals surface area contributed by atoms with E-state index in [9.17, 15) is 57.8 Å². The number of aliphatic hydroxyl groups excluding tert-OH is 1. The van der Waals surface area contributed by atoms with Crippen LogP contribution in [0, 0.1) is 0 Å². The highest BCUT2D eigenvalue weighted by atomic mass is 16.6. The quantitative estimate of drug-likeness (QED) is 0.0187. The average Bonchev–Trinajstić information content (AvgIpc) is 1.63. The third-order valence-corrected chi connectivity index (χ3v) is 19.2. The Bertz CT molecular complexity index is 4460. The number of hydrogen-bond acceptors (Lipinski definition) is 19. The zero-order chi connectivity index (χ0) is 83.3. The second-order valence-electron chi connectivity index (χ2n) is 27.1. The Balaban J connectivity index is 0.000000206. The van der Waals surface area contributed by atoms with Crippen molar-refractivity contribution >= 4 is 65.2 Å². The number of ketones is 4. The maximum Gasteiger partial charge on any atom is 0.407 e. The summed E-state index contributed by atoms with van der Waals surface area (Å²) in [6.07, 6.45) is 1.83. The molecule has 26 heteroatoms. The number of benzene rings is 8. The van der Waals surface area contributed by atoms with Gasteiger partial charge in [-0.2, -0.15) is 0 Å². The van der Waals surface area contributed by atoms with Gasteiger partial charge in [0.05, 0.1) is 6.04 Å². The van der Waals surface area contributed by atoms with Crippen molar-refractivity contribution < 1.29 is 91.7 Å². The summed E-state index contributed by atoms with van der Waals surface area (Å²) in [5.74, 6) is -4.37. The van der Waals surface area contributed by atoms with Crippen LogP contribution in [0.5, 0.6) is 0 Å². The van der Waals surface area contributed by atoms with E-state index >= 15 is 0 Å². The molecule has 12 N–H and O–H groups in total. The molecular weight excluding hydrogens is 1470 g/mol. The zero-order valence-corrected chi connectivity index (χ0v) is 65.6. The second kappa shape index (κ2) is 46.8. The molecule has 0 spiro atoms. The number of aliphatic carboxylic acids is 2. The molecule has 0 bridgehead atoms. The third kappa shape index (κ3) is 26.8. The molecule has 608 valence electrons. The van der Waals surface area contributed by atoms with Gasteiger partial charge in [0.25, 0.3) is 5.91 Å². The molecule has 0 saturated carbocycles. The maximum atomic E-state index is 12.4. The number of aryl methyl sites for hydroxylation is 1. The van der Waals surface area contributed by atoms with Gasteiger partial charge in [-0.05, 0) is 156 Å². The SMILES string of the molecule is C1CCOC1.CC(=O)CC[C@H](NC(=O)OCC1c2ccccc2-c2ccccc21)C(=O)O.CCOCC(=O)[C@H](CCC(C)=O)NC(=O)OCC1c2ccccc2-c2ccccc21.CCc1ccc(-c2ccc(C(=O)N[C@@H](CNC(C)=O)C(=O)CO)cc2)cc1.CN.NC[C@H](NC(=O)OCC1c2ccccc2-c2ccccc21)C(=O)O. The van der Waals surface area contributed by atoms with Crippen LogP contribution >= 0.6 is 0 Å². The zero-order valence-electron chi connectivity index (χ0n) is 65.6. The topological polar surface area (TPSA) is 407 Å². The molecule has 8 aromatic carbocycles. The number of fused-ring (bicyclic) bond motifs is 9. The van der Waals surface area contributed by atoms with Crippen molar-refractivity contribution in [2.24, 2.45) is 11.5 Å². The molecule has 3 aliphatic carbocycles. The van der Waals surface area contributed by atoms with Gasteiger partial charge < -0.3 is 86.6 Å². The van der Waals surface area contributed by atoms with Crippen molar-refractivity contribution in [2.45, 2.75) is 121 Å². The molecule has 1 saturated heterocycles. The van der Waals surface area contributed by atoms with Crippen LogP contribution < -0.4 is 38.1 Å². The molecule has 5 amide bonds. The van der Waals surface area contributed by atoms with Gasteiger partial charge in [-0.3, -0.25) is 19.2 Å². The molecule has 4 aliphatic rings. The summed E-state index contributed by atoms with van der Waals surface area (Å²) in [4.78, 5) is 128. The minimum atomic E-state index is -1.19. The first-order valence-electron chi connectivity index (χ1n) is 38.2. The molecule has 0 unspecified atom stereocenters. The summed E-state index contributed by atoms with van der Waals surface area (Å²) >= 11 is 0. The number of nitrogens with one attached hydrogen (secondary N) is 5. The fourth-order valence-corrected chi connectivity index (χ4v) is 13.2. The summed E-state index contributed by atoms with van der Waals surface area (Å²) in [6, 6.07) is 59.2. The second-order valence-corrected chi connectivity index (χ2v) is 27.1. The van der Waals surface area contributed by atoms with Crippen LogP contribution in [-0.2, 0) is 63.7 Å². The Kier molecular flexibility index (Phi) is 36.7. The summed E-state index contributed by atoms with van der Waals surface area (Å²) in [5, 5.41) is 39.4. The van der Waals surface area contributed by atoms with Crippen molar-refractivity contribution in [1.82, 2.24) is 26.6 Å². The lowest BCUT2D eigenvalue weighted by Crippen LogP contribution is -2.49. The molecular formula is C89H103N7O19. The van der Waals surface area contributed by atoms with E-state index in [1.165, 1.54) is 46.2 Å². The number of carboxylic acids is 2. The number of Topliss-reactive ketones (excluding diaryl/α,β-unsaturated/α-hetero) is 4. The minimum absolute atomic E-state index is 0.0366. The first-order valence-corrected chi connectivity index (χ1v) is 38.2. The van der Waals surface area contributed by atoms with Crippen molar-refractivity contribution in [2.75, 3.05) is 73.0 Å². The Morgan fingerprint density at radius 3 is 1.11 bits per heavy atom. The predicted molar refractivity (Wildman–Crippen MR) is 435 cm³/mol. The van der Waals surface area contributed by atoms with Crippen molar-refractivity contribution in [1.29, 1.82) is 0 Å². The highest BCUT2D eigenvalue weighted by Crippen LogP contribution is 2.47. The van der Waals surface area contributed by atoms with E-state index < -0.39 is 72.7 Å². The smallest absolute Gasteiger partial charge is 0.407 e. The van der Waals surface area contributed by atoms with E-state index in [0.29, 0.717) is 12.2 Å². The van der Waals surface area contributed by atoms with Crippen LogP contribution in [0.3, 0.4) is 0 Å². The van der Waals surface area contributed by atoms with E-state index in [4.69, 9.17) is 39.6 Å². The van der Waals surface area contributed by atoms with E-state index in [0.717, 1.165) is 97.5 Å². The summed E-state index contributed by atoms with van der Waals surface area (Å²) < 4.78 is 26.2. The maximum absolute atomic E-state index is 12.4. The molecule has 12 rings (SSSR count). The van der Waals surface area contributed by atoms with E-state index in [1.54, 1.807) is 19.1 Å². The molecule has 0 radical (unpaired) electrons. The lowest BCUT2D eigenvalue weighted by Gasteiger charge is -2.19. The van der Waals surface area contributed by atoms with E-state index in [1.807, 2.05) is 158 Å². The van der Waals surface area contributed by atoms with Gasteiger partial charge in [0, 0.05) is 76.0 Å². The molecule has 1 heterocycles. The molecule has 0 aromatic heterocycles. The fraction of sp³-hybridized carbons (Fsp3) is 0.337. The van der Waals surface area contributed by atoms with Crippen LogP contribution in [0.4, 0.5) is 14.4 Å². The van der Waals surface area contributed by atoms with Crippen molar-refractivity contribution in [3.05, 3.63) is 239 Å². The van der Waals surface area contributed by atoms with Gasteiger partial charge in [0.2, 0.25) is 5.91 Å². The number of amides is 5. The van der Waals surface area contributed by atoms with Crippen LogP contribution in [0.1, 0.15) is 140 Å². The summed E-state index contributed by atoms with van der Waals surface area (Å²) in [6.45, 7) is 9.77. The number of hydrogen-bond donors (Lipinski definition) is 10. The lowest BCUT2D eigenvalue weighted by atomic mass is 9.98. The van der Waals surface area contributed by atoms with Crippen LogP contribution in [-0.4, -0.2) is 178 Å². The number of rotatable bonds is 30. The van der Waals surface area contributed by atoms with Gasteiger partial charge >= 0.3 is 30.2 Å². The lowest BCUT2D eigenvalue weighted by molar-refractivity contribution is -0.140. The Morgan fingerprint density at radius 2 is 0.800 bits per heavy atom. The Hall–Kier alpha value is -12.1. The number of carboxylic acid groups (broad SMARTS) is 2. The third-order valence-electron chi connectivity index (χ3n) is 19.2. The Labute approximate surface area is 669 Å². The number of nitrogens with two attached hydrogens (primary N) is 2. The van der Waals surface area contributed by atoms with Crippen molar-refractivity contribution in [3.8, 4) is 44.5 Å². The first kappa shape index (κ1) is 90.1. The summed E-state index contributed by atoms with van der Waals surface area (Å²) in [7, 11) is 1.50. The number of carbonyl (C=O) groups is 11. The van der Waals surface area contributed by atoms with Crippen molar-refractivity contribution in [3.63, 3.8) is 0 Å². The number of aliphatic hydroxyl groups is 1. The van der Waals surface area contributed by atoms with Crippen LogP contribution in [0.25, 0.3) is 44.5 Å². The van der Waals surface area contributed by atoms with Gasteiger partial charge in [0.15, 0.2) is 11.6 Å².